The maximum Gasteiger partial charge on any atom is 0.280 e. The van der Waals surface area contributed by atoms with Crippen molar-refractivity contribution in [2.24, 2.45) is 0 Å². The summed E-state index contributed by atoms with van der Waals surface area (Å²) in [6.07, 6.45) is 0. The molecule has 0 saturated carbocycles. The van der Waals surface area contributed by atoms with Crippen LogP contribution in [0.25, 0.3) is 0 Å². The maximum absolute atomic E-state index is 12.4. The first-order valence-electron chi connectivity index (χ1n) is 6.94. The summed E-state index contributed by atoms with van der Waals surface area (Å²) < 4.78 is 0. The zero-order valence-electron chi connectivity index (χ0n) is 12.3. The van der Waals surface area contributed by atoms with E-state index in [-0.39, 0.29) is 11.6 Å². The van der Waals surface area contributed by atoms with Crippen molar-refractivity contribution in [3.05, 3.63) is 64.8 Å². The predicted molar refractivity (Wildman–Crippen MR) is 90.2 cm³/mol. The molecule has 0 fully saturated rings. The molecular formula is C16H14ClN5O. The smallest absolute Gasteiger partial charge is 0.280 e. The second-order valence-electron chi connectivity index (χ2n) is 4.88. The molecule has 23 heavy (non-hydrogen) atoms. The number of aromatic nitrogens is 3. The number of anilines is 3. The molecule has 0 unspecified atom stereocenters. The number of amides is 1. The molecule has 6 nitrogen and oxygen atoms in total. The van der Waals surface area contributed by atoms with Crippen molar-refractivity contribution >= 4 is 34.7 Å². The zero-order chi connectivity index (χ0) is 16.2. The molecule has 1 aromatic heterocycles. The zero-order valence-corrected chi connectivity index (χ0v) is 13.1. The van der Waals surface area contributed by atoms with Gasteiger partial charge in [-0.1, -0.05) is 35.9 Å². The van der Waals surface area contributed by atoms with Gasteiger partial charge in [0.2, 0.25) is 0 Å². The molecule has 1 heterocycles. The minimum absolute atomic E-state index is 0.174. The van der Waals surface area contributed by atoms with Crippen LogP contribution in [0.15, 0.2) is 48.5 Å². The molecule has 3 N–H and O–H groups in total. The van der Waals surface area contributed by atoms with E-state index in [2.05, 4.69) is 26.0 Å². The fourth-order valence-corrected chi connectivity index (χ4v) is 2.23. The van der Waals surface area contributed by atoms with E-state index in [1.165, 1.54) is 0 Å². The van der Waals surface area contributed by atoms with E-state index in [0.717, 1.165) is 11.3 Å². The van der Waals surface area contributed by atoms with Crippen LogP contribution in [0, 0.1) is 6.92 Å². The first kappa shape index (κ1) is 15.1. The lowest BCUT2D eigenvalue weighted by Crippen LogP contribution is -2.15. The molecule has 0 bridgehead atoms. The van der Waals surface area contributed by atoms with Gasteiger partial charge in [0.1, 0.15) is 0 Å². The predicted octanol–water partition coefficient (Wildman–Crippen LogP) is 3.76. The standard InChI is InChI=1S/C16H14ClN5O/c1-10-12(17)8-5-9-13(10)19-16(23)14-15(21-22-20-14)18-11-6-3-2-4-7-11/h2-9H,1H3,(H,19,23)(H2,18,20,21,22). The SMILES string of the molecule is Cc1c(Cl)cccc1NC(=O)c1n[nH]nc1Nc1ccccc1. The second kappa shape index (κ2) is 6.50. The topological polar surface area (TPSA) is 82.7 Å². The van der Waals surface area contributed by atoms with E-state index in [1.807, 2.05) is 37.3 Å². The van der Waals surface area contributed by atoms with Crippen LogP contribution in [0.4, 0.5) is 17.2 Å². The third kappa shape index (κ3) is 3.32. The maximum atomic E-state index is 12.4. The largest absolute Gasteiger partial charge is 0.337 e. The Labute approximate surface area is 137 Å². The molecule has 116 valence electrons. The fourth-order valence-electron chi connectivity index (χ4n) is 2.06. The number of nitrogens with one attached hydrogen (secondary N) is 3. The molecule has 0 radical (unpaired) electrons. The van der Waals surface area contributed by atoms with Gasteiger partial charge in [0.05, 0.1) is 0 Å². The van der Waals surface area contributed by atoms with Crippen molar-refractivity contribution in [2.45, 2.75) is 6.92 Å². The van der Waals surface area contributed by atoms with Gasteiger partial charge in [0.15, 0.2) is 11.5 Å². The highest BCUT2D eigenvalue weighted by molar-refractivity contribution is 6.31. The number of halogens is 1. The van der Waals surface area contributed by atoms with E-state index < -0.39 is 0 Å². The third-order valence-electron chi connectivity index (χ3n) is 3.32. The minimum atomic E-state index is -0.373. The average Bonchev–Trinajstić information content (AvgIpc) is 3.01. The van der Waals surface area contributed by atoms with Gasteiger partial charge in [-0.25, -0.2) is 0 Å². The third-order valence-corrected chi connectivity index (χ3v) is 3.72. The summed E-state index contributed by atoms with van der Waals surface area (Å²) in [7, 11) is 0. The van der Waals surface area contributed by atoms with Crippen LogP contribution in [0.1, 0.15) is 16.1 Å². The van der Waals surface area contributed by atoms with E-state index in [4.69, 9.17) is 11.6 Å². The first-order valence-corrected chi connectivity index (χ1v) is 7.32. The number of carbonyl (C=O) groups is 1. The Morgan fingerprint density at radius 3 is 2.65 bits per heavy atom. The number of hydrogen-bond donors (Lipinski definition) is 3. The Morgan fingerprint density at radius 2 is 1.87 bits per heavy atom. The molecule has 7 heteroatoms. The first-order chi connectivity index (χ1) is 11.1. The minimum Gasteiger partial charge on any atom is -0.337 e. The summed E-state index contributed by atoms with van der Waals surface area (Å²) >= 11 is 6.06. The highest BCUT2D eigenvalue weighted by Gasteiger charge is 2.17. The van der Waals surface area contributed by atoms with Gasteiger partial charge in [-0.15, -0.1) is 10.2 Å². The van der Waals surface area contributed by atoms with Crippen LogP contribution < -0.4 is 10.6 Å². The molecule has 2 aromatic carbocycles. The Morgan fingerprint density at radius 1 is 1.09 bits per heavy atom. The molecule has 0 aliphatic carbocycles. The Hall–Kier alpha value is -2.86. The molecule has 3 aromatic rings. The number of carbonyl (C=O) groups excluding carboxylic acids is 1. The van der Waals surface area contributed by atoms with Gasteiger partial charge in [-0.05, 0) is 36.8 Å². The van der Waals surface area contributed by atoms with Gasteiger partial charge in [-0.3, -0.25) is 4.79 Å². The lowest BCUT2D eigenvalue weighted by atomic mass is 10.2. The van der Waals surface area contributed by atoms with Gasteiger partial charge in [-0.2, -0.15) is 5.21 Å². The highest BCUT2D eigenvalue weighted by Crippen LogP contribution is 2.24. The van der Waals surface area contributed by atoms with E-state index >= 15 is 0 Å². The normalized spacial score (nSPS) is 10.3. The lowest BCUT2D eigenvalue weighted by molar-refractivity contribution is 0.102. The van der Waals surface area contributed by atoms with Crippen molar-refractivity contribution in [1.29, 1.82) is 0 Å². The molecule has 3 rings (SSSR count). The van der Waals surface area contributed by atoms with E-state index in [9.17, 15) is 4.79 Å². The van der Waals surface area contributed by atoms with Crippen LogP contribution in [-0.4, -0.2) is 21.3 Å². The molecule has 0 spiro atoms. The Bertz CT molecular complexity index is 831. The number of hydrogen-bond acceptors (Lipinski definition) is 4. The molecule has 0 atom stereocenters. The summed E-state index contributed by atoms with van der Waals surface area (Å²) in [6, 6.07) is 14.7. The van der Waals surface area contributed by atoms with Crippen molar-refractivity contribution in [2.75, 3.05) is 10.6 Å². The monoisotopic (exact) mass is 327 g/mol. The molecule has 0 aliphatic rings. The number of rotatable bonds is 4. The van der Waals surface area contributed by atoms with Crippen LogP contribution in [0.2, 0.25) is 5.02 Å². The number of para-hydroxylation sites is 1. The van der Waals surface area contributed by atoms with Crippen LogP contribution in [0.5, 0.6) is 0 Å². The highest BCUT2D eigenvalue weighted by atomic mass is 35.5. The van der Waals surface area contributed by atoms with Gasteiger partial charge >= 0.3 is 0 Å². The number of benzene rings is 2. The van der Waals surface area contributed by atoms with Crippen LogP contribution in [-0.2, 0) is 0 Å². The van der Waals surface area contributed by atoms with Crippen LogP contribution >= 0.6 is 11.6 Å². The van der Waals surface area contributed by atoms with Gasteiger partial charge in [0.25, 0.3) is 5.91 Å². The van der Waals surface area contributed by atoms with E-state index in [0.29, 0.717) is 16.5 Å². The number of aromatic amines is 1. The molecule has 0 aliphatic heterocycles. The lowest BCUT2D eigenvalue weighted by Gasteiger charge is -2.09. The van der Waals surface area contributed by atoms with Crippen molar-refractivity contribution < 1.29 is 4.79 Å². The number of nitrogens with zero attached hydrogens (tertiary/aromatic N) is 2. The molecule has 1 amide bonds. The van der Waals surface area contributed by atoms with Crippen molar-refractivity contribution in [3.63, 3.8) is 0 Å². The summed E-state index contributed by atoms with van der Waals surface area (Å²) in [5.74, 6) is -0.0177. The van der Waals surface area contributed by atoms with E-state index in [1.54, 1.807) is 18.2 Å². The fraction of sp³-hybridized carbons (Fsp3) is 0.0625. The Kier molecular flexibility index (Phi) is 4.25. The quantitative estimate of drug-likeness (QED) is 0.681. The average molecular weight is 328 g/mol. The van der Waals surface area contributed by atoms with Gasteiger partial charge < -0.3 is 10.6 Å². The summed E-state index contributed by atoms with van der Waals surface area (Å²) in [4.78, 5) is 12.4. The van der Waals surface area contributed by atoms with Gasteiger partial charge in [0, 0.05) is 16.4 Å². The van der Waals surface area contributed by atoms with Crippen LogP contribution in [0.3, 0.4) is 0 Å². The molecule has 0 saturated heterocycles. The summed E-state index contributed by atoms with van der Waals surface area (Å²) in [5, 5.41) is 16.8. The molecular weight excluding hydrogens is 314 g/mol. The number of H-pyrrole nitrogens is 1. The Balaban J connectivity index is 1.81. The summed E-state index contributed by atoms with van der Waals surface area (Å²) in [5.41, 5.74) is 2.42. The summed E-state index contributed by atoms with van der Waals surface area (Å²) in [6.45, 7) is 1.84. The van der Waals surface area contributed by atoms with Crippen molar-refractivity contribution in [3.8, 4) is 0 Å². The van der Waals surface area contributed by atoms with Crippen molar-refractivity contribution in [1.82, 2.24) is 15.4 Å². The second-order valence-corrected chi connectivity index (χ2v) is 5.29.